The highest BCUT2D eigenvalue weighted by atomic mass is 16.6. The Morgan fingerprint density at radius 1 is 1.44 bits per heavy atom. The van der Waals surface area contributed by atoms with Crippen molar-refractivity contribution in [3.8, 4) is 5.75 Å². The first-order valence-electron chi connectivity index (χ1n) is 8.35. The number of nitrogens with zero attached hydrogens (tertiary/aromatic N) is 1. The third-order valence-corrected chi connectivity index (χ3v) is 3.90. The van der Waals surface area contributed by atoms with Crippen LogP contribution in [0.5, 0.6) is 5.75 Å². The predicted molar refractivity (Wildman–Crippen MR) is 91.6 cm³/mol. The maximum absolute atomic E-state index is 10.7. The first-order chi connectivity index (χ1) is 11.8. The molecule has 8 nitrogen and oxygen atoms in total. The Morgan fingerprint density at radius 2 is 2.20 bits per heavy atom. The molecule has 2 atom stereocenters. The number of hydrogen-bond acceptors (Lipinski definition) is 7. The monoisotopic (exact) mass is 353 g/mol. The van der Waals surface area contributed by atoms with Gasteiger partial charge < -0.3 is 24.3 Å². The third-order valence-electron chi connectivity index (χ3n) is 3.90. The van der Waals surface area contributed by atoms with Crippen molar-refractivity contribution in [2.75, 3.05) is 26.4 Å². The Balaban J connectivity index is 2.01. The molecule has 9 heteroatoms. The molecule has 1 aliphatic rings. The third kappa shape index (κ3) is 5.40. The molecule has 1 heterocycles. The van der Waals surface area contributed by atoms with Crippen LogP contribution in [0.4, 0.5) is 0 Å². The summed E-state index contributed by atoms with van der Waals surface area (Å²) in [5, 5.41) is 31.1. The SMILES string of the molecule is CCCCOCC(C)(O)COc1cccc2c1B(O)OC2C[N+](=O)[O-]. The van der Waals surface area contributed by atoms with Crippen LogP contribution in [0.3, 0.4) is 0 Å². The summed E-state index contributed by atoms with van der Waals surface area (Å²) in [7, 11) is -1.29. The number of rotatable bonds is 10. The summed E-state index contributed by atoms with van der Waals surface area (Å²) in [6.45, 7) is 3.89. The van der Waals surface area contributed by atoms with Crippen LogP contribution < -0.4 is 10.2 Å². The Labute approximate surface area is 147 Å². The van der Waals surface area contributed by atoms with Crippen LogP contribution in [0.1, 0.15) is 38.4 Å². The van der Waals surface area contributed by atoms with Gasteiger partial charge in [-0.25, -0.2) is 0 Å². The van der Waals surface area contributed by atoms with Crippen molar-refractivity contribution in [3.05, 3.63) is 33.9 Å². The minimum absolute atomic E-state index is 0.0395. The summed E-state index contributed by atoms with van der Waals surface area (Å²) in [4.78, 5) is 10.2. The molecule has 0 radical (unpaired) electrons. The van der Waals surface area contributed by atoms with Crippen molar-refractivity contribution in [1.29, 1.82) is 0 Å². The summed E-state index contributed by atoms with van der Waals surface area (Å²) < 4.78 is 16.3. The molecule has 2 N–H and O–H groups in total. The van der Waals surface area contributed by atoms with Crippen LogP contribution in [0, 0.1) is 10.1 Å². The highest BCUT2D eigenvalue weighted by molar-refractivity contribution is 6.62. The quantitative estimate of drug-likeness (QED) is 0.275. The van der Waals surface area contributed by atoms with Crippen molar-refractivity contribution in [1.82, 2.24) is 0 Å². The van der Waals surface area contributed by atoms with Crippen molar-refractivity contribution in [3.63, 3.8) is 0 Å². The number of nitro groups is 1. The minimum atomic E-state index is -1.29. The Morgan fingerprint density at radius 3 is 2.88 bits per heavy atom. The van der Waals surface area contributed by atoms with Gasteiger partial charge in [0.25, 0.3) is 0 Å². The fourth-order valence-corrected chi connectivity index (χ4v) is 2.62. The number of unbranched alkanes of at least 4 members (excludes halogenated alkanes) is 1. The summed E-state index contributed by atoms with van der Waals surface area (Å²) in [6, 6.07) is 4.97. The van der Waals surface area contributed by atoms with E-state index in [2.05, 4.69) is 6.92 Å². The van der Waals surface area contributed by atoms with Gasteiger partial charge >= 0.3 is 7.12 Å². The van der Waals surface area contributed by atoms with E-state index in [0.717, 1.165) is 12.8 Å². The van der Waals surface area contributed by atoms with Gasteiger partial charge in [-0.1, -0.05) is 25.5 Å². The number of fused-ring (bicyclic) bond motifs is 1. The van der Waals surface area contributed by atoms with Gasteiger partial charge in [0.1, 0.15) is 24.1 Å². The van der Waals surface area contributed by atoms with E-state index in [1.54, 1.807) is 25.1 Å². The molecule has 25 heavy (non-hydrogen) atoms. The zero-order valence-corrected chi connectivity index (χ0v) is 14.5. The zero-order chi connectivity index (χ0) is 18.4. The smallest absolute Gasteiger partial charge is 0.491 e. The molecule has 138 valence electrons. The summed E-state index contributed by atoms with van der Waals surface area (Å²) in [5.74, 6) is 0.338. The molecule has 0 saturated carbocycles. The van der Waals surface area contributed by atoms with E-state index in [-0.39, 0.29) is 13.2 Å². The lowest BCUT2D eigenvalue weighted by Gasteiger charge is -2.24. The first kappa shape index (κ1) is 19.6. The summed E-state index contributed by atoms with van der Waals surface area (Å²) in [5.41, 5.74) is -0.293. The van der Waals surface area contributed by atoms with Crippen LogP contribution in [0.2, 0.25) is 0 Å². The van der Waals surface area contributed by atoms with Gasteiger partial charge in [0, 0.05) is 17.0 Å². The average molecular weight is 353 g/mol. The number of aliphatic hydroxyl groups is 1. The maximum Gasteiger partial charge on any atom is 0.496 e. The zero-order valence-electron chi connectivity index (χ0n) is 14.5. The Hall–Kier alpha value is -1.68. The van der Waals surface area contributed by atoms with E-state index in [0.29, 0.717) is 23.4 Å². The number of benzene rings is 1. The predicted octanol–water partition coefficient (Wildman–Crippen LogP) is 0.669. The standard InChI is InChI=1S/C16H24BNO7/c1-3-4-8-23-10-16(2,19)11-24-13-7-5-6-12-14(9-18(21)22)25-17(20)15(12)13/h5-7,14,19-20H,3-4,8-11H2,1-2H3. The highest BCUT2D eigenvalue weighted by Crippen LogP contribution is 2.28. The van der Waals surface area contributed by atoms with Crippen LogP contribution in [0.15, 0.2) is 18.2 Å². The highest BCUT2D eigenvalue weighted by Gasteiger charge is 2.40. The van der Waals surface area contributed by atoms with Gasteiger partial charge in [0.05, 0.1) is 6.61 Å². The second-order valence-corrected chi connectivity index (χ2v) is 6.44. The first-order valence-corrected chi connectivity index (χ1v) is 8.35. The molecule has 0 saturated heterocycles. The van der Waals surface area contributed by atoms with E-state index in [1.807, 2.05) is 0 Å². The molecule has 0 aromatic heterocycles. The second-order valence-electron chi connectivity index (χ2n) is 6.44. The van der Waals surface area contributed by atoms with Crippen molar-refractivity contribution in [2.24, 2.45) is 0 Å². The molecule has 0 amide bonds. The number of hydrogen-bond donors (Lipinski definition) is 2. The topological polar surface area (TPSA) is 111 Å². The summed E-state index contributed by atoms with van der Waals surface area (Å²) >= 11 is 0. The van der Waals surface area contributed by atoms with Gasteiger partial charge in [0.2, 0.25) is 6.54 Å². The maximum atomic E-state index is 10.7. The molecule has 2 rings (SSSR count). The molecule has 0 spiro atoms. The molecule has 0 fully saturated rings. The lowest BCUT2D eigenvalue weighted by atomic mass is 9.78. The fraction of sp³-hybridized carbons (Fsp3) is 0.625. The van der Waals surface area contributed by atoms with Gasteiger partial charge in [-0.15, -0.1) is 0 Å². The van der Waals surface area contributed by atoms with Gasteiger partial charge in [-0.2, -0.15) is 0 Å². The van der Waals surface area contributed by atoms with Gasteiger partial charge in [-0.3, -0.25) is 10.1 Å². The summed E-state index contributed by atoms with van der Waals surface area (Å²) in [6.07, 6.45) is 1.11. The number of ether oxygens (including phenoxy) is 2. The molecule has 0 bridgehead atoms. The van der Waals surface area contributed by atoms with E-state index in [9.17, 15) is 20.2 Å². The molecule has 1 aromatic carbocycles. The molecule has 2 unspecified atom stereocenters. The largest absolute Gasteiger partial charge is 0.496 e. The van der Waals surface area contributed by atoms with E-state index >= 15 is 0 Å². The Kier molecular flexibility index (Phi) is 6.77. The van der Waals surface area contributed by atoms with Crippen LogP contribution >= 0.6 is 0 Å². The molecular weight excluding hydrogens is 329 g/mol. The van der Waals surface area contributed by atoms with Crippen molar-refractivity contribution >= 4 is 12.6 Å². The van der Waals surface area contributed by atoms with Crippen LogP contribution in [-0.4, -0.2) is 54.1 Å². The lowest BCUT2D eigenvalue weighted by molar-refractivity contribution is -0.490. The van der Waals surface area contributed by atoms with Crippen molar-refractivity contribution < 1.29 is 29.2 Å². The average Bonchev–Trinajstić information content (AvgIpc) is 2.86. The molecular formula is C16H24BNO7. The fourth-order valence-electron chi connectivity index (χ4n) is 2.62. The van der Waals surface area contributed by atoms with E-state index in [1.165, 1.54) is 0 Å². The molecule has 1 aliphatic heterocycles. The van der Waals surface area contributed by atoms with E-state index < -0.39 is 30.3 Å². The van der Waals surface area contributed by atoms with E-state index in [4.69, 9.17) is 14.1 Å². The minimum Gasteiger partial charge on any atom is -0.491 e. The molecule has 1 aromatic rings. The van der Waals surface area contributed by atoms with Crippen LogP contribution in [-0.2, 0) is 9.39 Å². The lowest BCUT2D eigenvalue weighted by Crippen LogP contribution is -2.39. The second kappa shape index (κ2) is 8.62. The van der Waals surface area contributed by atoms with Crippen molar-refractivity contribution in [2.45, 2.75) is 38.4 Å². The van der Waals surface area contributed by atoms with Gasteiger partial charge in [-0.05, 0) is 25.0 Å². The molecule has 0 aliphatic carbocycles. The normalized spacial score (nSPS) is 18.7. The van der Waals surface area contributed by atoms with Gasteiger partial charge in [0.15, 0.2) is 0 Å². The Bertz CT molecular complexity index is 596. The van der Waals surface area contributed by atoms with Crippen LogP contribution in [0.25, 0.3) is 0 Å².